The van der Waals surface area contributed by atoms with Gasteiger partial charge >= 0.3 is 11.9 Å². The Bertz CT molecular complexity index is 1780. The normalized spacial score (nSPS) is 10.7. The highest BCUT2D eigenvalue weighted by Crippen LogP contribution is 2.49. The molecule has 4 aromatic rings. The molecule has 0 bridgehead atoms. The lowest BCUT2D eigenvalue weighted by molar-refractivity contribution is 0.0513. The summed E-state index contributed by atoms with van der Waals surface area (Å²) in [5, 5.41) is 10.9. The Hall–Kier alpha value is -5.56. The summed E-state index contributed by atoms with van der Waals surface area (Å²) in [5.74, 6) is 0.629. The number of carbonyl (C=O) groups excluding carboxylic acids is 1. The Kier molecular flexibility index (Phi) is 11.6. The number of carbonyl (C=O) groups is 2. The van der Waals surface area contributed by atoms with Crippen LogP contribution in [-0.4, -0.2) is 85.3 Å². The summed E-state index contributed by atoms with van der Waals surface area (Å²) in [6.07, 6.45) is 0.309. The van der Waals surface area contributed by atoms with E-state index >= 15 is 0 Å². The summed E-state index contributed by atoms with van der Waals surface area (Å²) in [6.45, 7) is -0.100. The number of ether oxygens (including phenoxy) is 9. The van der Waals surface area contributed by atoms with Crippen molar-refractivity contribution < 1.29 is 57.3 Å². The highest BCUT2D eigenvalue weighted by atomic mass is 16.7. The SMILES string of the molecule is COCOc1cc(OC)c(OC)cc1-c1c(-c2ccc(OC)c(OC)c2)c(C(=O)O)n(CCc2ccc(OC)c(OC)c2)c1C(=O)OC. The number of aromatic carboxylic acids is 1. The molecule has 1 N–H and O–H groups in total. The van der Waals surface area contributed by atoms with Gasteiger partial charge in [-0.15, -0.1) is 0 Å². The first kappa shape index (κ1) is 35.3. The molecule has 13 heteroatoms. The summed E-state index contributed by atoms with van der Waals surface area (Å²) < 4.78 is 50.9. The molecule has 0 aliphatic carbocycles. The topological polar surface area (TPSA) is 142 Å². The van der Waals surface area contributed by atoms with Gasteiger partial charge in [-0.1, -0.05) is 12.1 Å². The van der Waals surface area contributed by atoms with Crippen molar-refractivity contribution in [2.75, 3.05) is 63.7 Å². The molecule has 0 unspecified atom stereocenters. The standard InChI is InChI=1S/C35H39NO12/c1-40-19-48-25-18-29(46-7)28(45-6)17-22(25)31-30(21-10-12-24(42-3)27(16-21)44-5)32(34(37)38)36(33(31)35(39)47-8)14-13-20-9-11-23(41-2)26(15-20)43-4/h9-12,15-18H,13-14,19H2,1-8H3,(H,37,38). The molecule has 0 radical (unpaired) electrons. The van der Waals surface area contributed by atoms with E-state index in [0.717, 1.165) is 5.56 Å². The molecule has 0 amide bonds. The van der Waals surface area contributed by atoms with Gasteiger partial charge in [-0.3, -0.25) is 0 Å². The van der Waals surface area contributed by atoms with Gasteiger partial charge in [0, 0.05) is 36.4 Å². The van der Waals surface area contributed by atoms with E-state index < -0.39 is 11.9 Å². The van der Waals surface area contributed by atoms with Crippen LogP contribution in [0.1, 0.15) is 26.5 Å². The molecule has 48 heavy (non-hydrogen) atoms. The zero-order valence-corrected chi connectivity index (χ0v) is 28.1. The van der Waals surface area contributed by atoms with Gasteiger partial charge < -0.3 is 52.3 Å². The fourth-order valence-electron chi connectivity index (χ4n) is 5.48. The third-order valence-electron chi connectivity index (χ3n) is 7.68. The van der Waals surface area contributed by atoms with Crippen molar-refractivity contribution in [2.24, 2.45) is 0 Å². The molecule has 0 aliphatic rings. The largest absolute Gasteiger partial charge is 0.493 e. The van der Waals surface area contributed by atoms with Crippen LogP contribution in [0.4, 0.5) is 0 Å². The van der Waals surface area contributed by atoms with Crippen LogP contribution in [0.2, 0.25) is 0 Å². The second-order valence-electron chi connectivity index (χ2n) is 10.2. The molecule has 0 saturated carbocycles. The maximum atomic E-state index is 13.8. The Morgan fingerprint density at radius 1 is 0.625 bits per heavy atom. The number of methoxy groups -OCH3 is 8. The van der Waals surface area contributed by atoms with Crippen molar-refractivity contribution in [2.45, 2.75) is 13.0 Å². The number of hydrogen-bond donors (Lipinski definition) is 1. The Labute approximate surface area is 278 Å². The van der Waals surface area contributed by atoms with Crippen LogP contribution in [-0.2, 0) is 22.4 Å². The van der Waals surface area contributed by atoms with E-state index in [1.165, 1.54) is 61.4 Å². The first-order valence-electron chi connectivity index (χ1n) is 14.6. The van der Waals surface area contributed by atoms with Crippen molar-refractivity contribution in [3.63, 3.8) is 0 Å². The number of benzene rings is 3. The lowest BCUT2D eigenvalue weighted by Gasteiger charge is -2.18. The summed E-state index contributed by atoms with van der Waals surface area (Å²) in [4.78, 5) is 27.1. The van der Waals surface area contributed by atoms with Gasteiger partial charge in [0.05, 0.1) is 49.8 Å². The van der Waals surface area contributed by atoms with Crippen LogP contribution in [0.15, 0.2) is 48.5 Å². The molecule has 0 spiro atoms. The fraction of sp³-hybridized carbons (Fsp3) is 0.314. The summed E-state index contributed by atoms with van der Waals surface area (Å²) >= 11 is 0. The number of nitrogens with zero attached hydrogens (tertiary/aromatic N) is 1. The number of carboxylic acid groups (broad SMARTS) is 1. The number of hydrogen-bond acceptors (Lipinski definition) is 11. The number of esters is 1. The predicted octanol–water partition coefficient (Wildman–Crippen LogP) is 5.58. The maximum absolute atomic E-state index is 13.8. The van der Waals surface area contributed by atoms with Crippen molar-refractivity contribution >= 4 is 11.9 Å². The van der Waals surface area contributed by atoms with E-state index in [9.17, 15) is 14.7 Å². The molecular formula is C35H39NO12. The van der Waals surface area contributed by atoms with Crippen LogP contribution < -0.4 is 33.2 Å². The monoisotopic (exact) mass is 665 g/mol. The minimum absolute atomic E-state index is 0.0327. The van der Waals surface area contributed by atoms with Crippen molar-refractivity contribution in [3.05, 3.63) is 65.5 Å². The molecule has 1 aromatic heterocycles. The molecule has 1 heterocycles. The van der Waals surface area contributed by atoms with E-state index in [1.807, 2.05) is 6.07 Å². The minimum atomic E-state index is -1.29. The zero-order valence-electron chi connectivity index (χ0n) is 28.1. The van der Waals surface area contributed by atoms with Crippen LogP contribution in [0.25, 0.3) is 22.3 Å². The van der Waals surface area contributed by atoms with Crippen molar-refractivity contribution in [1.82, 2.24) is 4.57 Å². The Morgan fingerprint density at radius 2 is 1.19 bits per heavy atom. The van der Waals surface area contributed by atoms with Gasteiger partial charge in [-0.25, -0.2) is 9.59 Å². The highest BCUT2D eigenvalue weighted by molar-refractivity contribution is 6.10. The third kappa shape index (κ3) is 6.91. The minimum Gasteiger partial charge on any atom is -0.493 e. The summed E-state index contributed by atoms with van der Waals surface area (Å²) in [7, 11) is 11.7. The quantitative estimate of drug-likeness (QED) is 0.118. The van der Waals surface area contributed by atoms with Gasteiger partial charge in [0.1, 0.15) is 17.1 Å². The first-order chi connectivity index (χ1) is 23.2. The Balaban J connectivity index is 2.14. The number of aryl methyl sites for hydroxylation is 1. The van der Waals surface area contributed by atoms with Crippen molar-refractivity contribution in [1.29, 1.82) is 0 Å². The first-order valence-corrected chi connectivity index (χ1v) is 14.6. The molecule has 0 saturated heterocycles. The van der Waals surface area contributed by atoms with Crippen LogP contribution >= 0.6 is 0 Å². The second kappa shape index (κ2) is 15.8. The number of aromatic nitrogens is 1. The third-order valence-corrected chi connectivity index (χ3v) is 7.68. The lowest BCUT2D eigenvalue weighted by Crippen LogP contribution is -2.17. The lowest BCUT2D eigenvalue weighted by atomic mass is 9.93. The van der Waals surface area contributed by atoms with Crippen LogP contribution in [0.5, 0.6) is 40.2 Å². The molecule has 3 aromatic carbocycles. The number of carboxylic acids is 1. The molecule has 4 rings (SSSR count). The summed E-state index contributed by atoms with van der Waals surface area (Å²) in [6, 6.07) is 13.6. The average Bonchev–Trinajstić information content (AvgIpc) is 3.46. The Morgan fingerprint density at radius 3 is 1.75 bits per heavy atom. The van der Waals surface area contributed by atoms with Gasteiger partial charge in [-0.2, -0.15) is 0 Å². The molecule has 0 atom stereocenters. The van der Waals surface area contributed by atoms with E-state index in [-0.39, 0.29) is 41.6 Å². The molecule has 0 aliphatic heterocycles. The van der Waals surface area contributed by atoms with Crippen LogP contribution in [0, 0.1) is 0 Å². The average molecular weight is 666 g/mol. The van der Waals surface area contributed by atoms with Gasteiger partial charge in [-0.05, 0) is 47.9 Å². The number of rotatable bonds is 16. The molecular weight excluding hydrogens is 626 g/mol. The predicted molar refractivity (Wildman–Crippen MR) is 176 cm³/mol. The van der Waals surface area contributed by atoms with Gasteiger partial charge in [0.2, 0.25) is 0 Å². The zero-order chi connectivity index (χ0) is 35.0. The fourth-order valence-corrected chi connectivity index (χ4v) is 5.48. The molecule has 13 nitrogen and oxygen atoms in total. The van der Waals surface area contributed by atoms with E-state index in [4.69, 9.17) is 42.6 Å². The van der Waals surface area contributed by atoms with E-state index in [0.29, 0.717) is 52.0 Å². The molecule has 256 valence electrons. The smallest absolute Gasteiger partial charge is 0.355 e. The maximum Gasteiger partial charge on any atom is 0.355 e. The second-order valence-corrected chi connectivity index (χ2v) is 10.2. The van der Waals surface area contributed by atoms with E-state index in [1.54, 1.807) is 42.5 Å². The summed E-state index contributed by atoms with van der Waals surface area (Å²) in [5.41, 5.74) is 1.75. The highest BCUT2D eigenvalue weighted by Gasteiger charge is 2.35. The van der Waals surface area contributed by atoms with Gasteiger partial charge in [0.15, 0.2) is 41.3 Å². The van der Waals surface area contributed by atoms with Crippen molar-refractivity contribution in [3.8, 4) is 62.5 Å². The van der Waals surface area contributed by atoms with E-state index in [2.05, 4.69) is 0 Å². The molecule has 0 fully saturated rings. The van der Waals surface area contributed by atoms with Gasteiger partial charge in [0.25, 0.3) is 0 Å². The van der Waals surface area contributed by atoms with Crippen LogP contribution in [0.3, 0.4) is 0 Å².